The van der Waals surface area contributed by atoms with Crippen LogP contribution in [0.5, 0.6) is 17.2 Å². The standard InChI is InChI=1S/C26H34N4O4/c1-29-11-9-17(10-12-29)13-18-7-6-8-19(14-18)16-30(2)26-27-20-15-21(32-3)23(33-4)24(34-5)22(20)25(31)28-26/h6-8,14-15,17H,9-13,16H2,1-5H3,(H,27,28,31). The van der Waals surface area contributed by atoms with E-state index < -0.39 is 0 Å². The van der Waals surface area contributed by atoms with Gasteiger partial charge in [-0.3, -0.25) is 4.79 Å². The molecule has 0 atom stereocenters. The summed E-state index contributed by atoms with van der Waals surface area (Å²) in [5, 5.41) is 0.331. The molecule has 0 radical (unpaired) electrons. The molecule has 1 fully saturated rings. The summed E-state index contributed by atoms with van der Waals surface area (Å²) >= 11 is 0. The number of hydrogen-bond acceptors (Lipinski definition) is 7. The molecule has 2 heterocycles. The molecule has 4 rings (SSSR count). The maximum atomic E-state index is 13.0. The highest BCUT2D eigenvalue weighted by Gasteiger charge is 2.21. The van der Waals surface area contributed by atoms with Crippen molar-refractivity contribution in [2.75, 3.05) is 53.4 Å². The van der Waals surface area contributed by atoms with Crippen molar-refractivity contribution in [2.45, 2.75) is 25.8 Å². The van der Waals surface area contributed by atoms with Crippen molar-refractivity contribution in [1.82, 2.24) is 14.9 Å². The fourth-order valence-corrected chi connectivity index (χ4v) is 4.75. The highest BCUT2D eigenvalue weighted by molar-refractivity contribution is 5.90. The summed E-state index contributed by atoms with van der Waals surface area (Å²) < 4.78 is 16.3. The van der Waals surface area contributed by atoms with Gasteiger partial charge in [0.1, 0.15) is 5.39 Å². The van der Waals surface area contributed by atoms with E-state index in [0.717, 1.165) is 12.3 Å². The topological polar surface area (TPSA) is 79.9 Å². The van der Waals surface area contributed by atoms with E-state index in [9.17, 15) is 4.79 Å². The maximum Gasteiger partial charge on any atom is 0.286 e. The van der Waals surface area contributed by atoms with Gasteiger partial charge in [-0.1, -0.05) is 24.3 Å². The minimum atomic E-state index is -0.385. The van der Waals surface area contributed by atoms with E-state index in [0.29, 0.717) is 40.6 Å². The van der Waals surface area contributed by atoms with Crippen LogP contribution in [-0.4, -0.2) is 63.4 Å². The molecule has 3 aromatic rings. The van der Waals surface area contributed by atoms with Crippen LogP contribution >= 0.6 is 0 Å². The van der Waals surface area contributed by atoms with Crippen LogP contribution in [0.2, 0.25) is 0 Å². The number of aromatic amines is 1. The van der Waals surface area contributed by atoms with Crippen molar-refractivity contribution < 1.29 is 14.2 Å². The zero-order chi connectivity index (χ0) is 24.2. The van der Waals surface area contributed by atoms with Crippen LogP contribution < -0.4 is 24.7 Å². The number of ether oxygens (including phenoxy) is 3. The second-order valence-corrected chi connectivity index (χ2v) is 9.06. The third-order valence-corrected chi connectivity index (χ3v) is 6.63. The number of aromatic nitrogens is 2. The van der Waals surface area contributed by atoms with Gasteiger partial charge in [-0.15, -0.1) is 0 Å². The molecular formula is C26H34N4O4. The molecule has 0 aliphatic carbocycles. The normalized spacial score (nSPS) is 14.9. The fourth-order valence-electron chi connectivity index (χ4n) is 4.75. The van der Waals surface area contributed by atoms with Crippen LogP contribution in [0, 0.1) is 5.92 Å². The van der Waals surface area contributed by atoms with E-state index in [1.54, 1.807) is 13.2 Å². The van der Waals surface area contributed by atoms with Crippen LogP contribution in [0.1, 0.15) is 24.0 Å². The Kier molecular flexibility index (Phi) is 7.26. The number of nitrogens with zero attached hydrogens (tertiary/aromatic N) is 3. The van der Waals surface area contributed by atoms with Gasteiger partial charge in [0.25, 0.3) is 5.56 Å². The third-order valence-electron chi connectivity index (χ3n) is 6.63. The largest absolute Gasteiger partial charge is 0.493 e. The summed E-state index contributed by atoms with van der Waals surface area (Å²) in [6, 6.07) is 10.4. The Hall–Kier alpha value is -3.26. The van der Waals surface area contributed by atoms with Gasteiger partial charge in [-0.2, -0.15) is 4.98 Å². The summed E-state index contributed by atoms with van der Waals surface area (Å²) in [7, 11) is 8.67. The summed E-state index contributed by atoms with van der Waals surface area (Å²) in [5.41, 5.74) is 2.74. The molecule has 34 heavy (non-hydrogen) atoms. The van der Waals surface area contributed by atoms with Crippen molar-refractivity contribution in [1.29, 1.82) is 0 Å². The van der Waals surface area contributed by atoms with Gasteiger partial charge in [0.05, 0.1) is 26.8 Å². The predicted octanol–water partition coefficient (Wildman–Crippen LogP) is 3.47. The Morgan fingerprint density at radius 1 is 1.06 bits per heavy atom. The molecule has 0 saturated carbocycles. The number of H-pyrrole nitrogens is 1. The molecule has 1 aromatic heterocycles. The molecule has 182 valence electrons. The van der Waals surface area contributed by atoms with Gasteiger partial charge in [-0.25, -0.2) is 0 Å². The zero-order valence-corrected chi connectivity index (χ0v) is 20.7. The smallest absolute Gasteiger partial charge is 0.286 e. The molecular weight excluding hydrogens is 432 g/mol. The first kappa shape index (κ1) is 23.9. The Labute approximate surface area is 200 Å². The number of benzene rings is 2. The molecule has 1 saturated heterocycles. The van der Waals surface area contributed by atoms with Gasteiger partial charge < -0.3 is 29.0 Å². The molecule has 0 unspecified atom stereocenters. The van der Waals surface area contributed by atoms with Gasteiger partial charge in [-0.05, 0) is 56.4 Å². The summed E-state index contributed by atoms with van der Waals surface area (Å²) in [4.78, 5) is 24.9. The van der Waals surface area contributed by atoms with Crippen molar-refractivity contribution in [3.8, 4) is 17.2 Å². The second-order valence-electron chi connectivity index (χ2n) is 9.06. The Morgan fingerprint density at radius 2 is 1.76 bits per heavy atom. The molecule has 1 N–H and O–H groups in total. The van der Waals surface area contributed by atoms with E-state index in [-0.39, 0.29) is 5.56 Å². The van der Waals surface area contributed by atoms with Crippen molar-refractivity contribution in [3.05, 3.63) is 51.8 Å². The number of piperidine rings is 1. The highest BCUT2D eigenvalue weighted by Crippen LogP contribution is 2.41. The molecule has 0 bridgehead atoms. The summed E-state index contributed by atoms with van der Waals surface area (Å²) in [5.74, 6) is 2.37. The Morgan fingerprint density at radius 3 is 2.44 bits per heavy atom. The Bertz CT molecular complexity index is 1200. The summed E-state index contributed by atoms with van der Waals surface area (Å²) in [6.45, 7) is 2.98. The SMILES string of the molecule is COc1cc2[nH]c(N(C)Cc3cccc(CC4CCN(C)CC4)c3)nc(=O)c2c(OC)c1OC. The molecule has 2 aromatic carbocycles. The molecule has 0 amide bonds. The number of hydrogen-bond donors (Lipinski definition) is 1. The van der Waals surface area contributed by atoms with E-state index in [4.69, 9.17) is 14.2 Å². The number of methoxy groups -OCH3 is 3. The number of nitrogens with one attached hydrogen (secondary N) is 1. The van der Waals surface area contributed by atoms with Crippen LogP contribution in [0.25, 0.3) is 10.9 Å². The van der Waals surface area contributed by atoms with E-state index in [2.05, 4.69) is 46.2 Å². The average Bonchev–Trinajstić information content (AvgIpc) is 2.84. The molecule has 8 nitrogen and oxygen atoms in total. The second kappa shape index (κ2) is 10.3. The van der Waals surface area contributed by atoms with Gasteiger partial charge in [0.15, 0.2) is 11.5 Å². The first-order chi connectivity index (χ1) is 16.4. The maximum absolute atomic E-state index is 13.0. The van der Waals surface area contributed by atoms with Crippen molar-refractivity contribution in [2.24, 2.45) is 5.92 Å². The van der Waals surface area contributed by atoms with E-state index in [1.807, 2.05) is 11.9 Å². The van der Waals surface area contributed by atoms with Gasteiger partial charge >= 0.3 is 0 Å². The average molecular weight is 467 g/mol. The third kappa shape index (κ3) is 4.97. The lowest BCUT2D eigenvalue weighted by molar-refractivity contribution is 0.219. The minimum absolute atomic E-state index is 0.307. The molecule has 8 heteroatoms. The quantitative estimate of drug-likeness (QED) is 0.545. The molecule has 1 aliphatic heterocycles. The van der Waals surface area contributed by atoms with Crippen LogP contribution in [-0.2, 0) is 13.0 Å². The van der Waals surface area contributed by atoms with Crippen molar-refractivity contribution >= 4 is 16.9 Å². The lowest BCUT2D eigenvalue weighted by atomic mass is 9.90. The molecule has 0 spiro atoms. The number of anilines is 1. The number of rotatable bonds is 8. The number of fused-ring (bicyclic) bond motifs is 1. The van der Waals surface area contributed by atoms with Crippen molar-refractivity contribution in [3.63, 3.8) is 0 Å². The first-order valence-corrected chi connectivity index (χ1v) is 11.6. The van der Waals surface area contributed by atoms with Gasteiger partial charge in [0.2, 0.25) is 11.7 Å². The number of likely N-dealkylation sites (tertiary alicyclic amines) is 1. The highest BCUT2D eigenvalue weighted by atomic mass is 16.5. The molecule has 1 aliphatic rings. The van der Waals surface area contributed by atoms with Crippen LogP contribution in [0.3, 0.4) is 0 Å². The van der Waals surface area contributed by atoms with Gasteiger partial charge in [0, 0.05) is 19.7 Å². The van der Waals surface area contributed by atoms with E-state index >= 15 is 0 Å². The fraction of sp³-hybridized carbons (Fsp3) is 0.462. The zero-order valence-electron chi connectivity index (χ0n) is 20.7. The monoisotopic (exact) mass is 466 g/mol. The first-order valence-electron chi connectivity index (χ1n) is 11.6. The predicted molar refractivity (Wildman–Crippen MR) is 134 cm³/mol. The summed E-state index contributed by atoms with van der Waals surface area (Å²) in [6.07, 6.45) is 3.61. The minimum Gasteiger partial charge on any atom is -0.493 e. The lowest BCUT2D eigenvalue weighted by Crippen LogP contribution is -2.30. The van der Waals surface area contributed by atoms with E-state index in [1.165, 1.54) is 51.3 Å². The van der Waals surface area contributed by atoms with Crippen LogP contribution in [0.4, 0.5) is 5.95 Å². The lowest BCUT2D eigenvalue weighted by Gasteiger charge is -2.29. The van der Waals surface area contributed by atoms with Crippen LogP contribution in [0.15, 0.2) is 35.1 Å². The Balaban J connectivity index is 1.57.